The van der Waals surface area contributed by atoms with Crippen LogP contribution in [-0.2, 0) is 0 Å². The number of fused-ring (bicyclic) bond motifs is 1. The van der Waals surface area contributed by atoms with Gasteiger partial charge in [0.05, 0.1) is 0 Å². The Hall–Kier alpha value is -3.52. The summed E-state index contributed by atoms with van der Waals surface area (Å²) < 4.78 is 0. The predicted molar refractivity (Wildman–Crippen MR) is 132 cm³/mol. The van der Waals surface area contributed by atoms with E-state index in [4.69, 9.17) is 0 Å². The fourth-order valence-electron chi connectivity index (χ4n) is 3.73. The molecule has 0 aliphatic heterocycles. The fourth-order valence-corrected chi connectivity index (χ4v) is 3.73. The van der Waals surface area contributed by atoms with Crippen molar-refractivity contribution in [3.05, 3.63) is 108 Å². The van der Waals surface area contributed by atoms with Crippen LogP contribution in [-0.4, -0.2) is 28.2 Å². The molecule has 0 radical (unpaired) electrons. The summed E-state index contributed by atoms with van der Waals surface area (Å²) in [5.74, 6) is 0. The molecule has 2 aliphatic carbocycles. The Morgan fingerprint density at radius 3 is 1.63 bits per heavy atom. The first kappa shape index (κ1) is 19.8. The van der Waals surface area contributed by atoms with Crippen molar-refractivity contribution in [1.82, 2.24) is 0 Å². The lowest BCUT2D eigenvalue weighted by Gasteiger charge is -2.16. The molecule has 0 atom stereocenters. The van der Waals surface area contributed by atoms with Crippen molar-refractivity contribution in [2.75, 3.05) is 38.0 Å². The van der Waals surface area contributed by atoms with E-state index in [1.807, 2.05) is 0 Å². The van der Waals surface area contributed by atoms with Crippen LogP contribution in [0.3, 0.4) is 0 Å². The molecule has 0 saturated heterocycles. The number of anilines is 2. The van der Waals surface area contributed by atoms with Crippen LogP contribution in [0.25, 0.3) is 22.8 Å². The van der Waals surface area contributed by atoms with Crippen molar-refractivity contribution in [3.8, 4) is 11.1 Å². The Labute approximate surface area is 180 Å². The van der Waals surface area contributed by atoms with Crippen LogP contribution in [0.5, 0.6) is 0 Å². The van der Waals surface area contributed by atoms with E-state index in [0.29, 0.717) is 0 Å². The molecular formula is C28H28N2. The second-order valence-corrected chi connectivity index (χ2v) is 8.01. The molecule has 0 heterocycles. The van der Waals surface area contributed by atoms with Crippen LogP contribution in [0.15, 0.2) is 91.0 Å². The van der Waals surface area contributed by atoms with Gasteiger partial charge in [-0.25, -0.2) is 0 Å². The van der Waals surface area contributed by atoms with Gasteiger partial charge in [-0.1, -0.05) is 66.7 Å². The highest BCUT2D eigenvalue weighted by Gasteiger charge is 2.11. The maximum Gasteiger partial charge on any atom is 0.0361 e. The monoisotopic (exact) mass is 392 g/mol. The van der Waals surface area contributed by atoms with Crippen LogP contribution in [0.1, 0.15) is 16.7 Å². The topological polar surface area (TPSA) is 6.48 Å². The molecule has 0 unspecified atom stereocenters. The van der Waals surface area contributed by atoms with Crippen molar-refractivity contribution in [2.24, 2.45) is 0 Å². The summed E-state index contributed by atoms with van der Waals surface area (Å²) in [4.78, 5) is 4.26. The highest BCUT2D eigenvalue weighted by molar-refractivity contribution is 5.95. The molecule has 0 saturated carbocycles. The molecule has 2 aliphatic rings. The normalized spacial score (nSPS) is 10.7. The number of rotatable bonds is 5. The molecule has 2 aromatic carbocycles. The quantitative estimate of drug-likeness (QED) is 0.382. The average Bonchev–Trinajstić information content (AvgIpc) is 2.97. The zero-order valence-electron chi connectivity index (χ0n) is 18.1. The first-order valence-electron chi connectivity index (χ1n) is 10.3. The number of benzene rings is 2. The third-order valence-corrected chi connectivity index (χ3v) is 5.51. The Bertz CT molecular complexity index is 1070. The lowest BCUT2D eigenvalue weighted by Crippen LogP contribution is -2.08. The van der Waals surface area contributed by atoms with E-state index in [0.717, 1.165) is 0 Å². The van der Waals surface area contributed by atoms with Crippen molar-refractivity contribution in [3.63, 3.8) is 0 Å². The molecule has 0 aromatic heterocycles. The third kappa shape index (κ3) is 4.08. The van der Waals surface area contributed by atoms with E-state index in [9.17, 15) is 0 Å². The summed E-state index contributed by atoms with van der Waals surface area (Å²) in [6.07, 6.45) is 2.32. The molecular weight excluding hydrogens is 364 g/mol. The molecule has 0 amide bonds. The first-order chi connectivity index (χ1) is 14.5. The zero-order valence-corrected chi connectivity index (χ0v) is 18.1. The smallest absolute Gasteiger partial charge is 0.0361 e. The van der Waals surface area contributed by atoms with Gasteiger partial charge < -0.3 is 9.80 Å². The molecule has 30 heavy (non-hydrogen) atoms. The van der Waals surface area contributed by atoms with E-state index in [-0.39, 0.29) is 0 Å². The van der Waals surface area contributed by atoms with Gasteiger partial charge in [-0.3, -0.25) is 0 Å². The van der Waals surface area contributed by atoms with Crippen molar-refractivity contribution < 1.29 is 0 Å². The zero-order chi connectivity index (χ0) is 21.1. The highest BCUT2D eigenvalue weighted by Crippen LogP contribution is 2.34. The van der Waals surface area contributed by atoms with Crippen LogP contribution in [0.2, 0.25) is 0 Å². The molecule has 2 nitrogen and oxygen atoms in total. The first-order valence-corrected chi connectivity index (χ1v) is 10.3. The van der Waals surface area contributed by atoms with E-state index < -0.39 is 0 Å². The van der Waals surface area contributed by atoms with E-state index in [2.05, 4.69) is 135 Å². The molecule has 0 spiro atoms. The maximum atomic E-state index is 2.32. The molecule has 0 N–H and O–H groups in total. The van der Waals surface area contributed by atoms with Crippen LogP contribution < -0.4 is 9.80 Å². The van der Waals surface area contributed by atoms with E-state index in [1.165, 1.54) is 44.8 Å². The maximum absolute atomic E-state index is 2.32. The Kier molecular flexibility index (Phi) is 5.58. The van der Waals surface area contributed by atoms with E-state index >= 15 is 0 Å². The van der Waals surface area contributed by atoms with Gasteiger partial charge in [-0.2, -0.15) is 0 Å². The molecule has 4 rings (SSSR count). The van der Waals surface area contributed by atoms with E-state index in [1.54, 1.807) is 0 Å². The highest BCUT2D eigenvalue weighted by atomic mass is 15.1. The summed E-state index contributed by atoms with van der Waals surface area (Å²) in [6.45, 7) is 0. The summed E-state index contributed by atoms with van der Waals surface area (Å²) in [5.41, 5.74) is 9.83. The van der Waals surface area contributed by atoms with Gasteiger partial charge in [0.2, 0.25) is 0 Å². The Morgan fingerprint density at radius 1 is 0.567 bits per heavy atom. The van der Waals surface area contributed by atoms with Gasteiger partial charge >= 0.3 is 0 Å². The van der Waals surface area contributed by atoms with Crippen molar-refractivity contribution >= 4 is 23.0 Å². The standard InChI is InChI=1S/C28H28N2/c1-29(2)25-16-12-22(13-17-25)28(23-14-18-26(19-15-23)30(3)4)20-24-11-10-21-8-6-5-7-9-27(21)24/h5-20H,1-4H3. The second-order valence-electron chi connectivity index (χ2n) is 8.01. The lowest BCUT2D eigenvalue weighted by molar-refractivity contribution is 1.13. The second kappa shape index (κ2) is 8.46. The van der Waals surface area contributed by atoms with Gasteiger partial charge in [0, 0.05) is 39.6 Å². The van der Waals surface area contributed by atoms with Crippen LogP contribution in [0, 0.1) is 0 Å². The van der Waals surface area contributed by atoms with Crippen LogP contribution in [0.4, 0.5) is 11.4 Å². The van der Waals surface area contributed by atoms with Gasteiger partial charge in [0.15, 0.2) is 0 Å². The Morgan fingerprint density at radius 2 is 1.10 bits per heavy atom. The minimum atomic E-state index is 1.20. The van der Waals surface area contributed by atoms with Gasteiger partial charge in [-0.05, 0) is 63.7 Å². The van der Waals surface area contributed by atoms with Gasteiger partial charge in [-0.15, -0.1) is 0 Å². The number of hydrogen-bond acceptors (Lipinski definition) is 2. The lowest BCUT2D eigenvalue weighted by atomic mass is 9.94. The molecule has 2 aromatic rings. The molecule has 150 valence electrons. The summed E-state index contributed by atoms with van der Waals surface area (Å²) in [6, 6.07) is 32.6. The summed E-state index contributed by atoms with van der Waals surface area (Å²) in [7, 11) is 8.29. The molecule has 0 bridgehead atoms. The predicted octanol–water partition coefficient (Wildman–Crippen LogP) is 6.51. The summed E-state index contributed by atoms with van der Waals surface area (Å²) >= 11 is 0. The Balaban J connectivity index is 1.84. The largest absolute Gasteiger partial charge is 0.378 e. The fraction of sp³-hybridized carbons (Fsp3) is 0.143. The average molecular weight is 393 g/mol. The molecule has 2 heteroatoms. The third-order valence-electron chi connectivity index (χ3n) is 5.51. The number of nitrogens with zero attached hydrogens (tertiary/aromatic N) is 2. The number of hydrogen-bond donors (Lipinski definition) is 0. The van der Waals surface area contributed by atoms with Gasteiger partial charge in [0.1, 0.15) is 0 Å². The minimum Gasteiger partial charge on any atom is -0.378 e. The van der Waals surface area contributed by atoms with Gasteiger partial charge in [0.25, 0.3) is 0 Å². The van der Waals surface area contributed by atoms with Crippen LogP contribution >= 0.6 is 0 Å². The minimum absolute atomic E-state index is 1.20. The summed E-state index contributed by atoms with van der Waals surface area (Å²) in [5, 5.41) is 0. The molecule has 0 fully saturated rings. The van der Waals surface area contributed by atoms with Crippen molar-refractivity contribution in [1.29, 1.82) is 0 Å². The van der Waals surface area contributed by atoms with Crippen molar-refractivity contribution in [2.45, 2.75) is 0 Å². The SMILES string of the molecule is CN(C)c1ccc(C(=Cc2ccc3cccccc2-3)c2ccc(N(C)C)cc2)cc1.